The quantitative estimate of drug-likeness (QED) is 0.659. The standard InChI is InChI=1S/C25H33N5O4/c1-3-34-22(31)16-20(18-10-6-4-7-11-18)26-25(33)30-15-12-21-19(17-30)23(27-28(21)2)24(32)29-13-8-5-9-14-29/h4,6-7,10-11,20H,3,5,8-9,12-17H2,1-2H3,(H,26,33). The maximum atomic E-state index is 13.3. The molecular weight excluding hydrogens is 434 g/mol. The number of benzene rings is 1. The third kappa shape index (κ3) is 5.24. The molecule has 9 nitrogen and oxygen atoms in total. The first kappa shape index (κ1) is 23.8. The molecule has 1 atom stereocenters. The number of aryl methyl sites for hydroxylation is 1. The fourth-order valence-electron chi connectivity index (χ4n) is 4.75. The van der Waals surface area contributed by atoms with E-state index in [2.05, 4.69) is 10.4 Å². The van der Waals surface area contributed by atoms with Crippen molar-refractivity contribution in [3.05, 3.63) is 52.8 Å². The molecule has 0 aliphatic carbocycles. The number of amides is 3. The lowest BCUT2D eigenvalue weighted by Crippen LogP contribution is -2.45. The number of fused-ring (bicyclic) bond motifs is 1. The average molecular weight is 468 g/mol. The second kappa shape index (κ2) is 10.7. The Morgan fingerprint density at radius 2 is 1.79 bits per heavy atom. The molecule has 2 aliphatic rings. The van der Waals surface area contributed by atoms with Crippen LogP contribution in [0.5, 0.6) is 0 Å². The molecule has 2 aliphatic heterocycles. The molecule has 1 aromatic carbocycles. The number of hydrogen-bond donors (Lipinski definition) is 1. The Morgan fingerprint density at radius 1 is 1.06 bits per heavy atom. The Morgan fingerprint density at radius 3 is 2.50 bits per heavy atom. The van der Waals surface area contributed by atoms with Crippen molar-refractivity contribution in [2.45, 2.75) is 51.6 Å². The molecule has 3 heterocycles. The summed E-state index contributed by atoms with van der Waals surface area (Å²) in [6, 6.07) is 8.63. The van der Waals surface area contributed by atoms with E-state index in [1.807, 2.05) is 42.3 Å². The molecule has 1 aromatic heterocycles. The predicted molar refractivity (Wildman–Crippen MR) is 126 cm³/mol. The summed E-state index contributed by atoms with van der Waals surface area (Å²) in [5.74, 6) is -0.414. The lowest BCUT2D eigenvalue weighted by Gasteiger charge is -2.30. The van der Waals surface area contributed by atoms with Crippen LogP contribution in [0.1, 0.15) is 66.0 Å². The first-order valence-corrected chi connectivity index (χ1v) is 12.1. The number of nitrogens with one attached hydrogen (secondary N) is 1. The van der Waals surface area contributed by atoms with Crippen LogP contribution in [-0.2, 0) is 29.5 Å². The van der Waals surface area contributed by atoms with Crippen molar-refractivity contribution < 1.29 is 19.1 Å². The molecule has 0 radical (unpaired) electrons. The van der Waals surface area contributed by atoms with Gasteiger partial charge in [0.1, 0.15) is 0 Å². The number of rotatable bonds is 6. The molecule has 0 saturated carbocycles. The zero-order valence-electron chi connectivity index (χ0n) is 20.0. The van der Waals surface area contributed by atoms with E-state index >= 15 is 0 Å². The van der Waals surface area contributed by atoms with Crippen molar-refractivity contribution in [2.24, 2.45) is 7.05 Å². The highest BCUT2D eigenvalue weighted by Gasteiger charge is 2.32. The first-order chi connectivity index (χ1) is 16.5. The van der Waals surface area contributed by atoms with Crippen LogP contribution < -0.4 is 5.32 Å². The number of aromatic nitrogens is 2. The molecule has 3 amide bonds. The van der Waals surface area contributed by atoms with Gasteiger partial charge < -0.3 is 19.9 Å². The third-order valence-corrected chi connectivity index (χ3v) is 6.55. The van der Waals surface area contributed by atoms with Gasteiger partial charge in [-0.05, 0) is 31.7 Å². The van der Waals surface area contributed by atoms with E-state index in [1.54, 1.807) is 16.5 Å². The van der Waals surface area contributed by atoms with E-state index in [-0.39, 0.29) is 30.9 Å². The highest BCUT2D eigenvalue weighted by molar-refractivity contribution is 5.94. The maximum absolute atomic E-state index is 13.3. The molecular formula is C25H33N5O4. The third-order valence-electron chi connectivity index (χ3n) is 6.55. The Labute approximate surface area is 200 Å². The molecule has 2 aromatic rings. The predicted octanol–water partition coefficient (Wildman–Crippen LogP) is 2.81. The smallest absolute Gasteiger partial charge is 0.318 e. The molecule has 1 fully saturated rings. The van der Waals surface area contributed by atoms with Gasteiger partial charge in [-0.1, -0.05) is 30.3 Å². The minimum atomic E-state index is -0.502. The van der Waals surface area contributed by atoms with Crippen LogP contribution in [0.3, 0.4) is 0 Å². The summed E-state index contributed by atoms with van der Waals surface area (Å²) in [5, 5.41) is 7.54. The van der Waals surface area contributed by atoms with Gasteiger partial charge in [0.15, 0.2) is 5.69 Å². The van der Waals surface area contributed by atoms with Crippen LogP contribution in [0.4, 0.5) is 4.79 Å². The number of ether oxygens (including phenoxy) is 1. The van der Waals surface area contributed by atoms with Gasteiger partial charge in [-0.25, -0.2) is 4.79 Å². The van der Waals surface area contributed by atoms with Gasteiger partial charge in [0.2, 0.25) is 0 Å². The molecule has 1 unspecified atom stereocenters. The SMILES string of the molecule is CCOC(=O)CC(NC(=O)N1CCc2c(c(C(=O)N3CCCCC3)nn2C)C1)c1ccccc1. The molecule has 9 heteroatoms. The number of nitrogens with zero attached hydrogens (tertiary/aromatic N) is 4. The van der Waals surface area contributed by atoms with Crippen LogP contribution >= 0.6 is 0 Å². The minimum Gasteiger partial charge on any atom is -0.466 e. The Kier molecular flexibility index (Phi) is 7.49. The highest BCUT2D eigenvalue weighted by Crippen LogP contribution is 2.25. The summed E-state index contributed by atoms with van der Waals surface area (Å²) in [4.78, 5) is 42.2. The van der Waals surface area contributed by atoms with Crippen molar-refractivity contribution >= 4 is 17.9 Å². The lowest BCUT2D eigenvalue weighted by molar-refractivity contribution is -0.143. The molecule has 4 rings (SSSR count). The van der Waals surface area contributed by atoms with E-state index in [9.17, 15) is 14.4 Å². The molecule has 182 valence electrons. The van der Waals surface area contributed by atoms with Gasteiger partial charge in [0, 0.05) is 44.4 Å². The fourth-order valence-corrected chi connectivity index (χ4v) is 4.75. The molecule has 0 spiro atoms. The van der Waals surface area contributed by atoms with Crippen LogP contribution in [-0.4, -0.2) is 63.7 Å². The number of carbonyl (C=O) groups excluding carboxylic acids is 3. The van der Waals surface area contributed by atoms with Crippen LogP contribution in [0.25, 0.3) is 0 Å². The zero-order valence-corrected chi connectivity index (χ0v) is 20.0. The van der Waals surface area contributed by atoms with Crippen LogP contribution in [0.15, 0.2) is 30.3 Å². The number of carbonyl (C=O) groups is 3. The van der Waals surface area contributed by atoms with Crippen molar-refractivity contribution in [1.82, 2.24) is 24.9 Å². The number of piperidine rings is 1. The Balaban J connectivity index is 1.50. The largest absolute Gasteiger partial charge is 0.466 e. The Hall–Kier alpha value is -3.36. The van der Waals surface area contributed by atoms with Gasteiger partial charge >= 0.3 is 12.0 Å². The average Bonchev–Trinajstić information content (AvgIpc) is 3.20. The summed E-state index contributed by atoms with van der Waals surface area (Å²) in [6.45, 7) is 4.37. The van der Waals surface area contributed by atoms with E-state index in [4.69, 9.17) is 4.74 Å². The van der Waals surface area contributed by atoms with Gasteiger partial charge in [-0.2, -0.15) is 5.10 Å². The molecule has 0 bridgehead atoms. The van der Waals surface area contributed by atoms with E-state index in [1.165, 1.54) is 0 Å². The summed E-state index contributed by atoms with van der Waals surface area (Å²) in [5.41, 5.74) is 3.10. The molecule has 1 saturated heterocycles. The molecule has 1 N–H and O–H groups in total. The second-order valence-electron chi connectivity index (χ2n) is 8.84. The van der Waals surface area contributed by atoms with E-state index in [0.717, 1.165) is 49.2 Å². The van der Waals surface area contributed by atoms with Crippen LogP contribution in [0, 0.1) is 0 Å². The number of likely N-dealkylation sites (tertiary alicyclic amines) is 1. The van der Waals surface area contributed by atoms with Gasteiger partial charge in [0.05, 0.1) is 25.6 Å². The monoisotopic (exact) mass is 467 g/mol. The van der Waals surface area contributed by atoms with Gasteiger partial charge in [-0.15, -0.1) is 0 Å². The van der Waals surface area contributed by atoms with Crippen molar-refractivity contribution in [3.63, 3.8) is 0 Å². The van der Waals surface area contributed by atoms with E-state index < -0.39 is 6.04 Å². The fraction of sp³-hybridized carbons (Fsp3) is 0.520. The lowest BCUT2D eigenvalue weighted by atomic mass is 10.0. The van der Waals surface area contributed by atoms with Gasteiger partial charge in [-0.3, -0.25) is 14.3 Å². The summed E-state index contributed by atoms with van der Waals surface area (Å²) >= 11 is 0. The maximum Gasteiger partial charge on any atom is 0.318 e. The minimum absolute atomic E-state index is 0.0499. The highest BCUT2D eigenvalue weighted by atomic mass is 16.5. The van der Waals surface area contributed by atoms with Crippen molar-refractivity contribution in [3.8, 4) is 0 Å². The zero-order chi connectivity index (χ0) is 24.1. The first-order valence-electron chi connectivity index (χ1n) is 12.1. The van der Waals surface area contributed by atoms with Gasteiger partial charge in [0.25, 0.3) is 5.91 Å². The molecule has 34 heavy (non-hydrogen) atoms. The second-order valence-corrected chi connectivity index (χ2v) is 8.84. The summed E-state index contributed by atoms with van der Waals surface area (Å²) in [7, 11) is 1.85. The van der Waals surface area contributed by atoms with Crippen LogP contribution in [0.2, 0.25) is 0 Å². The normalized spacial score (nSPS) is 16.5. The number of urea groups is 1. The topological polar surface area (TPSA) is 96.8 Å². The van der Waals surface area contributed by atoms with Crippen molar-refractivity contribution in [1.29, 1.82) is 0 Å². The summed E-state index contributed by atoms with van der Waals surface area (Å²) in [6.07, 6.45) is 3.83. The number of esters is 1. The number of hydrogen-bond acceptors (Lipinski definition) is 5. The Bertz CT molecular complexity index is 1030. The van der Waals surface area contributed by atoms with E-state index in [0.29, 0.717) is 25.2 Å². The summed E-state index contributed by atoms with van der Waals surface area (Å²) < 4.78 is 6.89. The van der Waals surface area contributed by atoms with Crippen molar-refractivity contribution in [2.75, 3.05) is 26.2 Å².